The van der Waals surface area contributed by atoms with Crippen LogP contribution in [0.1, 0.15) is 66.3 Å². The molecule has 1 amide bonds. The van der Waals surface area contributed by atoms with Crippen LogP contribution in [0, 0.1) is 0 Å². The second kappa shape index (κ2) is 11.1. The van der Waals surface area contributed by atoms with E-state index in [9.17, 15) is 19.5 Å². The Labute approximate surface area is 227 Å². The molecule has 0 radical (unpaired) electrons. The zero-order chi connectivity index (χ0) is 28.3. The Morgan fingerprint density at radius 2 is 1.79 bits per heavy atom. The topological polar surface area (TPSA) is 106 Å². The summed E-state index contributed by atoms with van der Waals surface area (Å²) >= 11 is 0. The van der Waals surface area contributed by atoms with Crippen LogP contribution in [0.3, 0.4) is 0 Å². The van der Waals surface area contributed by atoms with Gasteiger partial charge in [-0.3, -0.25) is 14.6 Å². The molecule has 8 heteroatoms. The first kappa shape index (κ1) is 27.6. The number of amides is 1. The predicted octanol–water partition coefficient (Wildman–Crippen LogP) is 5.19. The Balaban J connectivity index is 1.82. The van der Waals surface area contributed by atoms with Crippen molar-refractivity contribution in [1.29, 1.82) is 0 Å². The van der Waals surface area contributed by atoms with Crippen LogP contribution < -0.4 is 4.74 Å². The van der Waals surface area contributed by atoms with Crippen LogP contribution in [0.2, 0.25) is 0 Å². The first-order valence-electron chi connectivity index (χ1n) is 12.7. The fourth-order valence-corrected chi connectivity index (χ4v) is 4.59. The van der Waals surface area contributed by atoms with E-state index in [1.54, 1.807) is 67.8 Å². The SMILES string of the molecule is CCOC(=O)c1ccc(CN2C(=O)C(=O)/C(=C(/O)c3cc(C(C)(C)C)ccc3OC)C2c2cccnc2)cc1. The molecule has 1 aromatic heterocycles. The first-order valence-corrected chi connectivity index (χ1v) is 12.7. The Hall–Kier alpha value is -4.46. The highest BCUT2D eigenvalue weighted by Crippen LogP contribution is 2.42. The molecule has 1 unspecified atom stereocenters. The highest BCUT2D eigenvalue weighted by molar-refractivity contribution is 6.46. The van der Waals surface area contributed by atoms with Crippen molar-refractivity contribution in [2.24, 2.45) is 0 Å². The number of aliphatic hydroxyl groups excluding tert-OH is 1. The van der Waals surface area contributed by atoms with E-state index in [1.807, 2.05) is 26.8 Å². The molecular weight excluding hydrogens is 496 g/mol. The molecule has 8 nitrogen and oxygen atoms in total. The Morgan fingerprint density at radius 1 is 1.08 bits per heavy atom. The molecule has 4 rings (SSSR count). The number of methoxy groups -OCH3 is 1. The standard InChI is InChI=1S/C31H32N2O6/c1-6-39-30(37)20-11-9-19(10-12-20)18-33-26(21-8-7-15-32-17-21)25(28(35)29(33)36)27(34)23-16-22(31(2,3)4)13-14-24(23)38-5/h7-17,26,34H,6,18H2,1-5H3/b27-25+. The first-order chi connectivity index (χ1) is 18.6. The van der Waals surface area contributed by atoms with Gasteiger partial charge in [0, 0.05) is 18.9 Å². The zero-order valence-corrected chi connectivity index (χ0v) is 22.7. The summed E-state index contributed by atoms with van der Waals surface area (Å²) in [6, 6.07) is 14.7. The van der Waals surface area contributed by atoms with Gasteiger partial charge in [0.1, 0.15) is 11.5 Å². The molecule has 1 N–H and O–H groups in total. The predicted molar refractivity (Wildman–Crippen MR) is 146 cm³/mol. The highest BCUT2D eigenvalue weighted by atomic mass is 16.5. The van der Waals surface area contributed by atoms with E-state index < -0.39 is 23.7 Å². The number of aromatic nitrogens is 1. The van der Waals surface area contributed by atoms with Gasteiger partial charge in [0.25, 0.3) is 11.7 Å². The van der Waals surface area contributed by atoms with E-state index in [0.29, 0.717) is 28.0 Å². The number of esters is 1. The lowest BCUT2D eigenvalue weighted by molar-refractivity contribution is -0.140. The number of benzene rings is 2. The van der Waals surface area contributed by atoms with Crippen LogP contribution >= 0.6 is 0 Å². The van der Waals surface area contributed by atoms with Crippen molar-refractivity contribution in [3.8, 4) is 5.75 Å². The summed E-state index contributed by atoms with van der Waals surface area (Å²) in [6.07, 6.45) is 3.17. The van der Waals surface area contributed by atoms with Gasteiger partial charge >= 0.3 is 5.97 Å². The van der Waals surface area contributed by atoms with Crippen molar-refractivity contribution in [2.75, 3.05) is 13.7 Å². The molecule has 3 aromatic rings. The van der Waals surface area contributed by atoms with Gasteiger partial charge < -0.3 is 19.5 Å². The number of ketones is 1. The van der Waals surface area contributed by atoms with Gasteiger partial charge in [0.2, 0.25) is 0 Å². The van der Waals surface area contributed by atoms with Gasteiger partial charge in [-0.1, -0.05) is 45.0 Å². The molecule has 2 heterocycles. The summed E-state index contributed by atoms with van der Waals surface area (Å²) in [6.45, 7) is 8.20. The smallest absolute Gasteiger partial charge is 0.338 e. The van der Waals surface area contributed by atoms with E-state index in [-0.39, 0.29) is 29.9 Å². The largest absolute Gasteiger partial charge is 0.507 e. The maximum atomic E-state index is 13.5. The summed E-state index contributed by atoms with van der Waals surface area (Å²) in [7, 11) is 1.49. The van der Waals surface area contributed by atoms with Crippen molar-refractivity contribution in [1.82, 2.24) is 9.88 Å². The van der Waals surface area contributed by atoms with Gasteiger partial charge in [-0.2, -0.15) is 0 Å². The van der Waals surface area contributed by atoms with Crippen molar-refractivity contribution < 1.29 is 29.0 Å². The average Bonchev–Trinajstić information content (AvgIpc) is 3.17. The lowest BCUT2D eigenvalue weighted by Gasteiger charge is -2.26. The zero-order valence-electron chi connectivity index (χ0n) is 22.7. The third kappa shape index (κ3) is 5.55. The Bertz CT molecular complexity index is 1420. The second-order valence-corrected chi connectivity index (χ2v) is 10.3. The summed E-state index contributed by atoms with van der Waals surface area (Å²) < 4.78 is 10.6. The van der Waals surface area contributed by atoms with E-state index in [2.05, 4.69) is 4.98 Å². The summed E-state index contributed by atoms with van der Waals surface area (Å²) in [5.41, 5.74) is 2.65. The fourth-order valence-electron chi connectivity index (χ4n) is 4.59. The maximum absolute atomic E-state index is 13.5. The minimum absolute atomic E-state index is 0.0412. The molecule has 202 valence electrons. The molecule has 2 aromatic carbocycles. The van der Waals surface area contributed by atoms with Crippen LogP contribution in [-0.2, 0) is 26.3 Å². The van der Waals surface area contributed by atoms with Crippen LogP contribution in [0.25, 0.3) is 5.76 Å². The number of carbonyl (C=O) groups excluding carboxylic acids is 3. The number of nitrogens with zero attached hydrogens (tertiary/aromatic N) is 2. The van der Waals surface area contributed by atoms with Crippen LogP contribution in [0.4, 0.5) is 0 Å². The number of aliphatic hydroxyl groups is 1. The lowest BCUT2D eigenvalue weighted by Crippen LogP contribution is -2.29. The number of rotatable bonds is 7. The summed E-state index contributed by atoms with van der Waals surface area (Å²) in [5, 5.41) is 11.6. The molecule has 0 bridgehead atoms. The third-order valence-corrected chi connectivity index (χ3v) is 6.68. The number of likely N-dealkylation sites (tertiary alicyclic amines) is 1. The number of ether oxygens (including phenoxy) is 2. The molecule has 0 spiro atoms. The maximum Gasteiger partial charge on any atom is 0.338 e. The normalized spacial score (nSPS) is 16.8. The molecule has 1 saturated heterocycles. The number of carbonyl (C=O) groups is 3. The van der Waals surface area contributed by atoms with E-state index >= 15 is 0 Å². The van der Waals surface area contributed by atoms with E-state index in [0.717, 1.165) is 5.56 Å². The third-order valence-electron chi connectivity index (χ3n) is 6.68. The molecule has 39 heavy (non-hydrogen) atoms. The minimum Gasteiger partial charge on any atom is -0.507 e. The molecular formula is C31H32N2O6. The Kier molecular flexibility index (Phi) is 7.85. The van der Waals surface area contributed by atoms with Gasteiger partial charge in [-0.25, -0.2) is 4.79 Å². The lowest BCUT2D eigenvalue weighted by atomic mass is 9.85. The van der Waals surface area contributed by atoms with E-state index in [4.69, 9.17) is 9.47 Å². The fraction of sp³-hybridized carbons (Fsp3) is 0.290. The van der Waals surface area contributed by atoms with Crippen molar-refractivity contribution in [3.63, 3.8) is 0 Å². The highest BCUT2D eigenvalue weighted by Gasteiger charge is 2.46. The van der Waals surface area contributed by atoms with Gasteiger partial charge in [-0.05, 0) is 59.4 Å². The molecule has 1 aliphatic heterocycles. The molecule has 1 aliphatic rings. The van der Waals surface area contributed by atoms with Crippen molar-refractivity contribution in [2.45, 2.75) is 45.7 Å². The van der Waals surface area contributed by atoms with E-state index in [1.165, 1.54) is 12.0 Å². The quantitative estimate of drug-likeness (QED) is 0.195. The van der Waals surface area contributed by atoms with Crippen LogP contribution in [0.15, 0.2) is 72.6 Å². The number of Topliss-reactive ketones (excluding diaryl/α,β-unsaturated/α-hetero) is 1. The monoisotopic (exact) mass is 528 g/mol. The van der Waals surface area contributed by atoms with Crippen molar-refractivity contribution in [3.05, 3.63) is 100 Å². The van der Waals surface area contributed by atoms with Crippen molar-refractivity contribution >= 4 is 23.4 Å². The average molecular weight is 529 g/mol. The van der Waals surface area contributed by atoms with Gasteiger partial charge in [0.05, 0.1) is 36.5 Å². The molecule has 1 atom stereocenters. The minimum atomic E-state index is -0.883. The molecule has 1 fully saturated rings. The van der Waals surface area contributed by atoms with Gasteiger partial charge in [0.15, 0.2) is 0 Å². The molecule has 0 aliphatic carbocycles. The number of hydrogen-bond acceptors (Lipinski definition) is 7. The number of pyridine rings is 1. The second-order valence-electron chi connectivity index (χ2n) is 10.3. The summed E-state index contributed by atoms with van der Waals surface area (Å²) in [5.74, 6) is -1.92. The molecule has 0 saturated carbocycles. The Morgan fingerprint density at radius 3 is 2.38 bits per heavy atom. The summed E-state index contributed by atoms with van der Waals surface area (Å²) in [4.78, 5) is 44.5. The van der Waals surface area contributed by atoms with Gasteiger partial charge in [-0.15, -0.1) is 0 Å². The van der Waals surface area contributed by atoms with Crippen LogP contribution in [-0.4, -0.2) is 46.4 Å². The number of hydrogen-bond donors (Lipinski definition) is 1. The van der Waals surface area contributed by atoms with Crippen LogP contribution in [0.5, 0.6) is 5.75 Å².